The van der Waals surface area contributed by atoms with Crippen molar-refractivity contribution >= 4 is 29.0 Å². The number of hydrogen-bond donors (Lipinski definition) is 0. The van der Waals surface area contributed by atoms with Crippen LogP contribution in [0.2, 0.25) is 0 Å². The van der Waals surface area contributed by atoms with Crippen molar-refractivity contribution in [3.8, 4) is 11.1 Å². The van der Waals surface area contributed by atoms with Crippen LogP contribution in [0.25, 0.3) is 28.3 Å². The first-order chi connectivity index (χ1) is 15.8. The van der Waals surface area contributed by atoms with Gasteiger partial charge in [-0.05, 0) is 75.6 Å². The number of benzene rings is 3. The maximum Gasteiger partial charge on any atom is 0.0534 e. The van der Waals surface area contributed by atoms with Gasteiger partial charge in [0.05, 0.1) is 5.25 Å². The first kappa shape index (κ1) is 18.5. The molecule has 0 radical (unpaired) electrons. The van der Waals surface area contributed by atoms with Crippen molar-refractivity contribution in [1.82, 2.24) is 0 Å². The lowest BCUT2D eigenvalue weighted by atomic mass is 9.89. The highest BCUT2D eigenvalue weighted by Gasteiger charge is 2.29. The minimum Gasteiger partial charge on any atom is -0.113 e. The number of thioether (sulfide) groups is 1. The predicted octanol–water partition coefficient (Wildman–Crippen LogP) is 6.60. The molecule has 3 aromatic carbocycles. The van der Waals surface area contributed by atoms with Crippen molar-refractivity contribution in [2.75, 3.05) is 0 Å². The largest absolute Gasteiger partial charge is 0.113 e. The summed E-state index contributed by atoms with van der Waals surface area (Å²) in [6.45, 7) is 2.30. The molecule has 0 N–H and O–H groups in total. The van der Waals surface area contributed by atoms with Gasteiger partial charge in [0.2, 0.25) is 0 Å². The fourth-order valence-corrected chi connectivity index (χ4v) is 7.37. The van der Waals surface area contributed by atoms with E-state index in [9.17, 15) is 0 Å². The summed E-state index contributed by atoms with van der Waals surface area (Å²) in [6.07, 6.45) is 13.7. The Hall–Kier alpha value is -3.03. The topological polar surface area (TPSA) is 0 Å². The van der Waals surface area contributed by atoms with Crippen molar-refractivity contribution in [2.24, 2.45) is 0 Å². The number of hydrogen-bond acceptors (Lipinski definition) is 1. The van der Waals surface area contributed by atoms with E-state index in [1.165, 1.54) is 54.3 Å². The van der Waals surface area contributed by atoms with E-state index >= 15 is 0 Å². The van der Waals surface area contributed by atoms with Crippen LogP contribution in [0.3, 0.4) is 0 Å². The normalized spacial score (nSPS) is 19.5. The molecule has 0 saturated carbocycles. The Morgan fingerprint density at radius 1 is 0.812 bits per heavy atom. The summed E-state index contributed by atoms with van der Waals surface area (Å²) in [5, 5.41) is 3.47. The zero-order chi connectivity index (χ0) is 21.2. The molecule has 0 saturated heterocycles. The molecule has 32 heavy (non-hydrogen) atoms. The third kappa shape index (κ3) is 2.58. The molecule has 3 aliphatic carbocycles. The van der Waals surface area contributed by atoms with Crippen LogP contribution in [0.1, 0.15) is 42.4 Å². The second-order valence-corrected chi connectivity index (χ2v) is 10.4. The van der Waals surface area contributed by atoms with Gasteiger partial charge in [-0.3, -0.25) is 0 Å². The monoisotopic (exact) mass is 428 g/mol. The Labute approximate surface area is 193 Å². The lowest BCUT2D eigenvalue weighted by molar-refractivity contribution is 0.749. The van der Waals surface area contributed by atoms with Crippen molar-refractivity contribution < 1.29 is 0 Å². The molecular weight excluding hydrogens is 404 g/mol. The lowest BCUT2D eigenvalue weighted by Crippen LogP contribution is -2.31. The molecule has 0 fully saturated rings. The average molecular weight is 429 g/mol. The SMILES string of the molecule is CC1=Cc2ccc3c(c2=C1CCC1c2ccccc2-c2ccccc21)=C1C=CC=CC1S3. The summed E-state index contributed by atoms with van der Waals surface area (Å²) in [5.41, 5.74) is 11.7. The smallest absolute Gasteiger partial charge is 0.0534 e. The van der Waals surface area contributed by atoms with Crippen molar-refractivity contribution in [3.63, 3.8) is 0 Å². The Morgan fingerprint density at radius 2 is 1.56 bits per heavy atom. The highest BCUT2D eigenvalue weighted by atomic mass is 32.2. The van der Waals surface area contributed by atoms with Gasteiger partial charge in [0.15, 0.2) is 0 Å². The van der Waals surface area contributed by atoms with Crippen LogP contribution in [0.5, 0.6) is 0 Å². The summed E-state index contributed by atoms with van der Waals surface area (Å²) >= 11 is 2.00. The summed E-state index contributed by atoms with van der Waals surface area (Å²) in [6, 6.07) is 22.7. The van der Waals surface area contributed by atoms with E-state index in [2.05, 4.69) is 98.0 Å². The molecule has 7 rings (SSSR count). The van der Waals surface area contributed by atoms with Crippen LogP contribution >= 0.6 is 11.8 Å². The standard InChI is InChI=1S/C31H24S/c1-19-18-20-14-17-29-31(27-12-6-7-13-28(27)32-29)30(20)21(19)15-16-26-24-10-4-2-8-22(24)23-9-3-5-11-25(23)26/h2-14,17-18,26,28H,15-16H2,1H3. The third-order valence-corrected chi connectivity index (χ3v) is 8.78. The molecule has 0 aromatic heterocycles. The van der Waals surface area contributed by atoms with Gasteiger partial charge >= 0.3 is 0 Å². The highest BCUT2D eigenvalue weighted by molar-refractivity contribution is 8.00. The zero-order valence-electron chi connectivity index (χ0n) is 18.1. The molecule has 0 spiro atoms. The zero-order valence-corrected chi connectivity index (χ0v) is 19.0. The van der Waals surface area contributed by atoms with Crippen LogP contribution in [-0.2, 0) is 0 Å². The van der Waals surface area contributed by atoms with E-state index in [-0.39, 0.29) is 0 Å². The van der Waals surface area contributed by atoms with Crippen LogP contribution in [0, 0.1) is 0 Å². The van der Waals surface area contributed by atoms with E-state index < -0.39 is 0 Å². The predicted molar refractivity (Wildman–Crippen MR) is 137 cm³/mol. The van der Waals surface area contributed by atoms with Crippen LogP contribution in [0.4, 0.5) is 0 Å². The number of allylic oxidation sites excluding steroid dienone is 4. The van der Waals surface area contributed by atoms with Crippen LogP contribution in [0.15, 0.2) is 95.4 Å². The first-order valence-corrected chi connectivity index (χ1v) is 12.5. The van der Waals surface area contributed by atoms with Gasteiger partial charge < -0.3 is 0 Å². The van der Waals surface area contributed by atoms with Gasteiger partial charge in [0.25, 0.3) is 0 Å². The Kier molecular flexibility index (Phi) is 4.05. The lowest BCUT2D eigenvalue weighted by Gasteiger charge is -2.15. The summed E-state index contributed by atoms with van der Waals surface area (Å²) in [5.74, 6) is 0.482. The van der Waals surface area contributed by atoms with Gasteiger partial charge in [-0.1, -0.05) is 85.0 Å². The Bertz CT molecular complexity index is 1470. The molecule has 1 atom stereocenters. The van der Waals surface area contributed by atoms with Gasteiger partial charge in [-0.25, -0.2) is 0 Å². The van der Waals surface area contributed by atoms with Crippen molar-refractivity contribution in [3.05, 3.63) is 118 Å². The van der Waals surface area contributed by atoms with Crippen molar-refractivity contribution in [1.29, 1.82) is 0 Å². The Balaban J connectivity index is 1.36. The molecule has 154 valence electrons. The number of fused-ring (bicyclic) bond motifs is 7. The second-order valence-electron chi connectivity index (χ2n) is 9.21. The second kappa shape index (κ2) is 6.98. The molecule has 1 aliphatic heterocycles. The van der Waals surface area contributed by atoms with Crippen LogP contribution in [-0.4, -0.2) is 5.25 Å². The van der Waals surface area contributed by atoms with E-state index in [0.717, 1.165) is 12.8 Å². The van der Waals surface area contributed by atoms with Gasteiger partial charge in [0, 0.05) is 16.0 Å². The molecule has 0 bridgehead atoms. The number of rotatable bonds is 3. The van der Waals surface area contributed by atoms with Crippen molar-refractivity contribution in [2.45, 2.75) is 35.8 Å². The van der Waals surface area contributed by atoms with E-state index in [1.54, 1.807) is 5.57 Å². The molecule has 0 amide bonds. The molecule has 1 unspecified atom stereocenters. The molecule has 3 aromatic rings. The van der Waals surface area contributed by atoms with Gasteiger partial charge in [0.1, 0.15) is 0 Å². The first-order valence-electron chi connectivity index (χ1n) is 11.6. The highest BCUT2D eigenvalue weighted by Crippen LogP contribution is 2.47. The minimum absolute atomic E-state index is 0.470. The van der Waals surface area contributed by atoms with E-state index in [4.69, 9.17) is 0 Å². The maximum atomic E-state index is 2.41. The van der Waals surface area contributed by atoms with Gasteiger partial charge in [-0.2, -0.15) is 0 Å². The van der Waals surface area contributed by atoms with Crippen LogP contribution < -0.4 is 10.4 Å². The Morgan fingerprint density at radius 3 is 2.34 bits per heavy atom. The maximum absolute atomic E-state index is 2.41. The fraction of sp³-hybridized carbons (Fsp3) is 0.161. The molecule has 4 aliphatic rings. The minimum atomic E-state index is 0.470. The fourth-order valence-electron chi connectivity index (χ4n) is 6.12. The molecule has 1 heteroatoms. The van der Waals surface area contributed by atoms with E-state index in [1.807, 2.05) is 11.8 Å². The summed E-state index contributed by atoms with van der Waals surface area (Å²) in [4.78, 5) is 1.44. The average Bonchev–Trinajstić information content (AvgIpc) is 3.46. The quantitative estimate of drug-likeness (QED) is 0.453. The third-order valence-electron chi connectivity index (χ3n) is 7.52. The molecule has 0 nitrogen and oxygen atoms in total. The summed E-state index contributed by atoms with van der Waals surface area (Å²) < 4.78 is 0. The molecule has 1 heterocycles. The van der Waals surface area contributed by atoms with E-state index in [0.29, 0.717) is 11.2 Å². The van der Waals surface area contributed by atoms with Gasteiger partial charge in [-0.15, -0.1) is 11.8 Å². The molecular formula is C31H24S. The summed E-state index contributed by atoms with van der Waals surface area (Å²) in [7, 11) is 0.